The zero-order valence-corrected chi connectivity index (χ0v) is 14.5. The molecule has 2 aliphatic heterocycles. The van der Waals surface area contributed by atoms with Crippen molar-refractivity contribution in [2.45, 2.75) is 26.2 Å². The van der Waals surface area contributed by atoms with E-state index in [1.807, 2.05) is 17.9 Å². The molecule has 0 bridgehead atoms. The van der Waals surface area contributed by atoms with Gasteiger partial charge in [0.2, 0.25) is 11.7 Å². The number of carbonyl (C=O) groups excluding carboxylic acids is 1. The topological polar surface area (TPSA) is 75.4 Å². The molecule has 2 saturated heterocycles. The minimum Gasteiger partial charge on any atom is -0.438 e. The predicted molar refractivity (Wildman–Crippen MR) is 92.2 cm³/mol. The molecule has 25 heavy (non-hydrogen) atoms. The summed E-state index contributed by atoms with van der Waals surface area (Å²) in [4.78, 5) is 29.4. The van der Waals surface area contributed by atoms with Crippen LogP contribution in [-0.2, 0) is 0 Å². The predicted octanol–water partition coefficient (Wildman–Crippen LogP) is 2.15. The Hall–Kier alpha value is -2.44. The van der Waals surface area contributed by atoms with Gasteiger partial charge < -0.3 is 14.2 Å². The molecule has 0 unspecified atom stereocenters. The van der Waals surface area contributed by atoms with Crippen molar-refractivity contribution in [2.75, 3.05) is 31.1 Å². The van der Waals surface area contributed by atoms with Gasteiger partial charge in [0.15, 0.2) is 6.39 Å². The Balaban J connectivity index is 1.33. The number of oxazole rings is 1. The molecule has 1 amide bonds. The summed E-state index contributed by atoms with van der Waals surface area (Å²) in [6, 6.07) is 1.84. The number of aromatic nitrogens is 3. The number of rotatable bonds is 3. The normalized spacial score (nSPS) is 21.7. The summed E-state index contributed by atoms with van der Waals surface area (Å²) in [5, 5.41) is 0. The van der Waals surface area contributed by atoms with E-state index in [1.165, 1.54) is 6.39 Å². The molecular formula is C18H23N5O2. The van der Waals surface area contributed by atoms with E-state index in [1.54, 1.807) is 12.4 Å². The molecule has 0 saturated carbocycles. The highest BCUT2D eigenvalue weighted by Crippen LogP contribution is 2.33. The van der Waals surface area contributed by atoms with Crippen molar-refractivity contribution in [3.8, 4) is 0 Å². The standard InChI is InChI=1S/C18H23N5O2/c1-13-16(25-12-21-13)17(24)23-10-5-15(11-23)14-3-8-22(9-4-14)18-19-6-2-7-20-18/h2,6-7,12,14-15H,3-5,8-11H2,1H3/t15-/m0/s1. The van der Waals surface area contributed by atoms with E-state index >= 15 is 0 Å². The third kappa shape index (κ3) is 3.23. The molecule has 2 aromatic heterocycles. The highest BCUT2D eigenvalue weighted by atomic mass is 16.3. The third-order valence-corrected chi connectivity index (χ3v) is 5.49. The van der Waals surface area contributed by atoms with Crippen molar-refractivity contribution < 1.29 is 9.21 Å². The van der Waals surface area contributed by atoms with E-state index in [0.717, 1.165) is 51.4 Å². The van der Waals surface area contributed by atoms with Crippen molar-refractivity contribution in [2.24, 2.45) is 11.8 Å². The number of aryl methyl sites for hydroxylation is 1. The molecule has 7 heteroatoms. The summed E-state index contributed by atoms with van der Waals surface area (Å²) in [6.07, 6.45) is 8.27. The van der Waals surface area contributed by atoms with Crippen LogP contribution in [0.5, 0.6) is 0 Å². The van der Waals surface area contributed by atoms with E-state index in [2.05, 4.69) is 19.9 Å². The molecule has 1 atom stereocenters. The van der Waals surface area contributed by atoms with Crippen LogP contribution < -0.4 is 4.90 Å². The second-order valence-corrected chi connectivity index (χ2v) is 6.94. The fourth-order valence-corrected chi connectivity index (χ4v) is 4.03. The Kier molecular flexibility index (Phi) is 4.38. The number of hydrogen-bond donors (Lipinski definition) is 0. The second-order valence-electron chi connectivity index (χ2n) is 6.94. The molecule has 0 aromatic carbocycles. The molecular weight excluding hydrogens is 318 g/mol. The van der Waals surface area contributed by atoms with Gasteiger partial charge in [0.25, 0.3) is 5.91 Å². The Morgan fingerprint density at radius 1 is 1.08 bits per heavy atom. The fraction of sp³-hybridized carbons (Fsp3) is 0.556. The Labute approximate surface area is 147 Å². The van der Waals surface area contributed by atoms with E-state index in [0.29, 0.717) is 23.3 Å². The lowest BCUT2D eigenvalue weighted by Gasteiger charge is -2.34. The first-order chi connectivity index (χ1) is 12.2. The molecule has 7 nitrogen and oxygen atoms in total. The van der Waals surface area contributed by atoms with E-state index in [9.17, 15) is 4.79 Å². The first-order valence-electron chi connectivity index (χ1n) is 8.93. The minimum absolute atomic E-state index is 0.0207. The number of hydrogen-bond acceptors (Lipinski definition) is 6. The van der Waals surface area contributed by atoms with E-state index in [-0.39, 0.29) is 5.91 Å². The maximum absolute atomic E-state index is 12.6. The van der Waals surface area contributed by atoms with Crippen molar-refractivity contribution >= 4 is 11.9 Å². The summed E-state index contributed by atoms with van der Waals surface area (Å²) in [5.41, 5.74) is 0.671. The van der Waals surface area contributed by atoms with Crippen LogP contribution in [0.1, 0.15) is 35.5 Å². The summed E-state index contributed by atoms with van der Waals surface area (Å²) >= 11 is 0. The van der Waals surface area contributed by atoms with Gasteiger partial charge in [0.1, 0.15) is 0 Å². The molecule has 2 fully saturated rings. The SMILES string of the molecule is Cc1ncoc1C(=O)N1CC[C@H](C2CCN(c3ncccn3)CC2)C1. The maximum Gasteiger partial charge on any atom is 0.291 e. The molecule has 2 aliphatic rings. The van der Waals surface area contributed by atoms with Gasteiger partial charge in [0.05, 0.1) is 5.69 Å². The summed E-state index contributed by atoms with van der Waals surface area (Å²) in [5.74, 6) is 2.42. The Morgan fingerprint density at radius 3 is 2.48 bits per heavy atom. The van der Waals surface area contributed by atoms with E-state index in [4.69, 9.17) is 4.42 Å². The summed E-state index contributed by atoms with van der Waals surface area (Å²) in [6.45, 7) is 5.42. The minimum atomic E-state index is -0.0207. The smallest absolute Gasteiger partial charge is 0.291 e. The molecule has 132 valence electrons. The number of carbonyl (C=O) groups is 1. The zero-order chi connectivity index (χ0) is 17.2. The number of likely N-dealkylation sites (tertiary alicyclic amines) is 1. The van der Waals surface area contributed by atoms with Crippen molar-refractivity contribution in [1.82, 2.24) is 19.9 Å². The average molecular weight is 341 g/mol. The summed E-state index contributed by atoms with van der Waals surface area (Å²) < 4.78 is 5.26. The first kappa shape index (κ1) is 16.1. The summed E-state index contributed by atoms with van der Waals surface area (Å²) in [7, 11) is 0. The van der Waals surface area contributed by atoms with Gasteiger partial charge in [-0.25, -0.2) is 15.0 Å². The van der Waals surface area contributed by atoms with Crippen LogP contribution in [0.2, 0.25) is 0 Å². The molecule has 0 spiro atoms. The highest BCUT2D eigenvalue weighted by Gasteiger charge is 2.35. The van der Waals surface area contributed by atoms with Crippen LogP contribution in [0.3, 0.4) is 0 Å². The van der Waals surface area contributed by atoms with Gasteiger partial charge in [0, 0.05) is 38.6 Å². The van der Waals surface area contributed by atoms with Crippen molar-refractivity contribution in [3.63, 3.8) is 0 Å². The molecule has 0 aliphatic carbocycles. The van der Waals surface area contributed by atoms with Crippen molar-refractivity contribution in [1.29, 1.82) is 0 Å². The van der Waals surface area contributed by atoms with Crippen LogP contribution in [-0.4, -0.2) is 51.9 Å². The van der Waals surface area contributed by atoms with Crippen molar-refractivity contribution in [3.05, 3.63) is 36.3 Å². The quantitative estimate of drug-likeness (QED) is 0.851. The van der Waals surface area contributed by atoms with Gasteiger partial charge in [-0.1, -0.05) is 0 Å². The number of anilines is 1. The first-order valence-corrected chi connectivity index (χ1v) is 8.93. The maximum atomic E-state index is 12.6. The zero-order valence-electron chi connectivity index (χ0n) is 14.5. The van der Waals surface area contributed by atoms with Crippen LogP contribution in [0.25, 0.3) is 0 Å². The van der Waals surface area contributed by atoms with Crippen LogP contribution in [0.15, 0.2) is 29.3 Å². The van der Waals surface area contributed by atoms with Crippen LogP contribution in [0, 0.1) is 18.8 Å². The molecule has 4 heterocycles. The van der Waals surface area contributed by atoms with Gasteiger partial charge in [-0.05, 0) is 44.1 Å². The molecule has 2 aromatic rings. The molecule has 0 radical (unpaired) electrons. The lowest BCUT2D eigenvalue weighted by Crippen LogP contribution is -2.38. The third-order valence-electron chi connectivity index (χ3n) is 5.49. The average Bonchev–Trinajstić information content (AvgIpc) is 3.31. The lowest BCUT2D eigenvalue weighted by molar-refractivity contribution is 0.0748. The van der Waals surface area contributed by atoms with E-state index < -0.39 is 0 Å². The number of piperidine rings is 1. The molecule has 0 N–H and O–H groups in total. The number of nitrogens with zero attached hydrogens (tertiary/aromatic N) is 5. The second kappa shape index (κ2) is 6.82. The van der Waals surface area contributed by atoms with Crippen LogP contribution in [0.4, 0.5) is 5.95 Å². The van der Waals surface area contributed by atoms with Crippen LogP contribution >= 0.6 is 0 Å². The monoisotopic (exact) mass is 341 g/mol. The van der Waals surface area contributed by atoms with Gasteiger partial charge in [-0.3, -0.25) is 4.79 Å². The molecule has 4 rings (SSSR count). The highest BCUT2D eigenvalue weighted by molar-refractivity contribution is 5.92. The number of amides is 1. The van der Waals surface area contributed by atoms with Gasteiger partial charge in [-0.2, -0.15) is 0 Å². The lowest BCUT2D eigenvalue weighted by atomic mass is 9.84. The Bertz CT molecular complexity index is 724. The largest absolute Gasteiger partial charge is 0.438 e. The van der Waals surface area contributed by atoms with Gasteiger partial charge >= 0.3 is 0 Å². The Morgan fingerprint density at radius 2 is 1.80 bits per heavy atom. The fourth-order valence-electron chi connectivity index (χ4n) is 4.03. The van der Waals surface area contributed by atoms with Gasteiger partial charge in [-0.15, -0.1) is 0 Å².